The number of aryl methyl sites for hydroxylation is 2. The van der Waals surface area contributed by atoms with Gasteiger partial charge in [0.2, 0.25) is 11.8 Å². The molecule has 3 N–H and O–H groups in total. The fourth-order valence-electron chi connectivity index (χ4n) is 2.41. The smallest absolute Gasteiger partial charge is 0.269 e. The van der Waals surface area contributed by atoms with Crippen LogP contribution in [0.2, 0.25) is 0 Å². The number of hydrazine groups is 1. The maximum absolute atomic E-state index is 12.1. The van der Waals surface area contributed by atoms with Gasteiger partial charge in [0, 0.05) is 11.3 Å². The predicted molar refractivity (Wildman–Crippen MR) is 110 cm³/mol. The van der Waals surface area contributed by atoms with Crippen molar-refractivity contribution in [3.05, 3.63) is 59.2 Å². The summed E-state index contributed by atoms with van der Waals surface area (Å²) in [6.07, 6.45) is 0. The molecule has 0 aliphatic heterocycles. The lowest BCUT2D eigenvalue weighted by molar-refractivity contribution is -0.119. The summed E-state index contributed by atoms with van der Waals surface area (Å²) < 4.78 is 5.05. The number of methoxy groups -OCH3 is 1. The maximum Gasteiger partial charge on any atom is 0.269 e. The Kier molecular flexibility index (Phi) is 7.88. The van der Waals surface area contributed by atoms with Crippen LogP contribution in [0.4, 0.5) is 5.69 Å². The Morgan fingerprint density at radius 1 is 0.929 bits per heavy atom. The van der Waals surface area contributed by atoms with Crippen LogP contribution in [0.1, 0.15) is 21.5 Å². The maximum atomic E-state index is 12.1. The number of ether oxygens (including phenoxy) is 1. The van der Waals surface area contributed by atoms with Crippen LogP contribution in [0, 0.1) is 13.8 Å². The predicted octanol–water partition coefficient (Wildman–Crippen LogP) is 2.44. The molecular formula is C20H23N3O4S. The van der Waals surface area contributed by atoms with Gasteiger partial charge in [-0.3, -0.25) is 25.2 Å². The van der Waals surface area contributed by atoms with E-state index in [1.165, 1.54) is 0 Å². The number of thioether (sulfide) groups is 1. The van der Waals surface area contributed by atoms with Gasteiger partial charge in [0.05, 0.1) is 18.6 Å². The minimum absolute atomic E-state index is 0.0448. The molecule has 0 radical (unpaired) electrons. The molecule has 0 atom stereocenters. The first-order valence-electron chi connectivity index (χ1n) is 8.57. The zero-order valence-electron chi connectivity index (χ0n) is 16.0. The van der Waals surface area contributed by atoms with Crippen molar-refractivity contribution >= 4 is 35.2 Å². The third kappa shape index (κ3) is 6.62. The number of hydrogen-bond acceptors (Lipinski definition) is 5. The van der Waals surface area contributed by atoms with Gasteiger partial charge in [0.15, 0.2) is 0 Å². The highest BCUT2D eigenvalue weighted by atomic mass is 32.2. The van der Waals surface area contributed by atoms with Crippen molar-refractivity contribution in [3.63, 3.8) is 0 Å². The molecule has 0 aromatic heterocycles. The Morgan fingerprint density at radius 3 is 2.25 bits per heavy atom. The average molecular weight is 401 g/mol. The number of hydrogen-bond donors (Lipinski definition) is 3. The second-order valence-corrected chi connectivity index (χ2v) is 7.08. The first-order chi connectivity index (χ1) is 13.4. The van der Waals surface area contributed by atoms with Gasteiger partial charge in [-0.25, -0.2) is 0 Å². The van der Waals surface area contributed by atoms with Crippen molar-refractivity contribution in [3.8, 4) is 5.75 Å². The van der Waals surface area contributed by atoms with E-state index < -0.39 is 0 Å². The number of benzene rings is 2. The minimum atomic E-state index is -0.389. The molecule has 0 saturated carbocycles. The topological polar surface area (TPSA) is 96.5 Å². The number of carbonyl (C=O) groups excluding carboxylic acids is 3. The Labute approximate surface area is 168 Å². The lowest BCUT2D eigenvalue weighted by atomic mass is 10.1. The number of nitrogens with one attached hydrogen (secondary N) is 3. The SMILES string of the molecule is COc1ccc(NC(=O)CSCC(=O)NNC(=O)c2ccc(C)cc2C)cc1. The summed E-state index contributed by atoms with van der Waals surface area (Å²) in [7, 11) is 1.57. The fraction of sp³-hybridized carbons (Fsp3) is 0.250. The molecule has 148 valence electrons. The van der Waals surface area contributed by atoms with Crippen molar-refractivity contribution in [2.24, 2.45) is 0 Å². The number of rotatable bonds is 7. The van der Waals surface area contributed by atoms with Crippen molar-refractivity contribution in [1.82, 2.24) is 10.9 Å². The van der Waals surface area contributed by atoms with Crippen molar-refractivity contribution in [2.45, 2.75) is 13.8 Å². The molecule has 0 spiro atoms. The van der Waals surface area contributed by atoms with E-state index in [9.17, 15) is 14.4 Å². The van der Waals surface area contributed by atoms with E-state index in [0.717, 1.165) is 22.9 Å². The van der Waals surface area contributed by atoms with Crippen LogP contribution in [0.15, 0.2) is 42.5 Å². The monoisotopic (exact) mass is 401 g/mol. The molecule has 0 saturated heterocycles. The second kappa shape index (κ2) is 10.4. The Bertz CT molecular complexity index is 853. The summed E-state index contributed by atoms with van der Waals surface area (Å²) in [5.41, 5.74) is 7.77. The van der Waals surface area contributed by atoms with E-state index in [0.29, 0.717) is 17.0 Å². The van der Waals surface area contributed by atoms with E-state index >= 15 is 0 Å². The van der Waals surface area contributed by atoms with Crippen LogP contribution < -0.4 is 20.9 Å². The molecule has 0 aliphatic carbocycles. The van der Waals surface area contributed by atoms with Gasteiger partial charge in [-0.2, -0.15) is 0 Å². The van der Waals surface area contributed by atoms with Crippen molar-refractivity contribution in [2.75, 3.05) is 23.9 Å². The van der Waals surface area contributed by atoms with Gasteiger partial charge < -0.3 is 10.1 Å². The minimum Gasteiger partial charge on any atom is -0.497 e. The van der Waals surface area contributed by atoms with Crippen LogP contribution in [0.5, 0.6) is 5.75 Å². The summed E-state index contributed by atoms with van der Waals surface area (Å²) >= 11 is 1.15. The summed E-state index contributed by atoms with van der Waals surface area (Å²) in [5, 5.41) is 2.73. The third-order valence-corrected chi connectivity index (χ3v) is 4.71. The molecule has 0 bridgehead atoms. The highest BCUT2D eigenvalue weighted by molar-refractivity contribution is 8.00. The molecule has 0 unspecified atom stereocenters. The van der Waals surface area contributed by atoms with Crippen molar-refractivity contribution < 1.29 is 19.1 Å². The Morgan fingerprint density at radius 2 is 1.61 bits per heavy atom. The molecule has 2 rings (SSSR count). The van der Waals surface area contributed by atoms with Crippen molar-refractivity contribution in [1.29, 1.82) is 0 Å². The van der Waals surface area contributed by atoms with Gasteiger partial charge in [0.25, 0.3) is 5.91 Å². The normalized spacial score (nSPS) is 10.1. The molecular weight excluding hydrogens is 378 g/mol. The second-order valence-electron chi connectivity index (χ2n) is 6.09. The lowest BCUT2D eigenvalue weighted by Crippen LogP contribution is -2.42. The molecule has 0 heterocycles. The first kappa shape index (κ1) is 21.3. The number of amides is 3. The van der Waals surface area contributed by atoms with Crippen LogP contribution in [-0.2, 0) is 9.59 Å². The molecule has 2 aromatic rings. The van der Waals surface area contributed by atoms with Gasteiger partial charge in [0.1, 0.15) is 5.75 Å². The highest BCUT2D eigenvalue weighted by Crippen LogP contribution is 2.15. The zero-order valence-corrected chi connectivity index (χ0v) is 16.8. The van der Waals surface area contributed by atoms with Crippen LogP contribution in [-0.4, -0.2) is 36.3 Å². The van der Waals surface area contributed by atoms with Crippen LogP contribution in [0.25, 0.3) is 0 Å². The van der Waals surface area contributed by atoms with E-state index in [4.69, 9.17) is 4.74 Å². The molecule has 28 heavy (non-hydrogen) atoms. The van der Waals surface area contributed by atoms with Gasteiger partial charge >= 0.3 is 0 Å². The lowest BCUT2D eigenvalue weighted by Gasteiger charge is -2.10. The first-order valence-corrected chi connectivity index (χ1v) is 9.72. The van der Waals surface area contributed by atoms with E-state index in [1.54, 1.807) is 37.4 Å². The average Bonchev–Trinajstić information content (AvgIpc) is 2.66. The summed E-state index contributed by atoms with van der Waals surface area (Å²) in [5.74, 6) is -0.129. The molecule has 0 fully saturated rings. The quantitative estimate of drug-likeness (QED) is 0.619. The molecule has 7 nitrogen and oxygen atoms in total. The molecule has 3 amide bonds. The third-order valence-electron chi connectivity index (χ3n) is 3.78. The molecule has 8 heteroatoms. The van der Waals surface area contributed by atoms with E-state index in [1.807, 2.05) is 26.0 Å². The largest absolute Gasteiger partial charge is 0.497 e. The van der Waals surface area contributed by atoms with Gasteiger partial charge in [-0.05, 0) is 49.7 Å². The molecule has 0 aliphatic rings. The summed E-state index contributed by atoms with van der Waals surface area (Å²) in [4.78, 5) is 35.8. The van der Waals surface area contributed by atoms with Gasteiger partial charge in [-0.1, -0.05) is 17.7 Å². The Balaban J connectivity index is 1.69. The van der Waals surface area contributed by atoms with E-state index in [2.05, 4.69) is 16.2 Å². The summed E-state index contributed by atoms with van der Waals surface area (Å²) in [6, 6.07) is 12.4. The van der Waals surface area contributed by atoms with Crippen LogP contribution in [0.3, 0.4) is 0 Å². The number of carbonyl (C=O) groups is 3. The van der Waals surface area contributed by atoms with E-state index in [-0.39, 0.29) is 29.2 Å². The van der Waals surface area contributed by atoms with Gasteiger partial charge in [-0.15, -0.1) is 11.8 Å². The molecule has 2 aromatic carbocycles. The Hall–Kier alpha value is -3.00. The summed E-state index contributed by atoms with van der Waals surface area (Å²) in [6.45, 7) is 3.78. The van der Waals surface area contributed by atoms with Crippen LogP contribution >= 0.6 is 11.8 Å². The standard InChI is InChI=1S/C20H23N3O4S/c1-13-4-9-17(14(2)10-13)20(26)23-22-19(25)12-28-11-18(24)21-15-5-7-16(27-3)8-6-15/h4-10H,11-12H2,1-3H3,(H,21,24)(H,22,25)(H,23,26). The highest BCUT2D eigenvalue weighted by Gasteiger charge is 2.11. The number of anilines is 1. The zero-order chi connectivity index (χ0) is 20.5. The fourth-order valence-corrected chi connectivity index (χ4v) is 3.02.